The van der Waals surface area contributed by atoms with Crippen LogP contribution in [0.3, 0.4) is 0 Å². The van der Waals surface area contributed by atoms with Crippen LogP contribution in [0.1, 0.15) is 5.56 Å². The SMILES string of the molecule is COC(=O)COc1ccc(/C=C2/SC(=Nc3ccc(F)cc3)NC2=O)cc1OC. The Morgan fingerprint density at radius 3 is 2.62 bits per heavy atom. The van der Waals surface area contributed by atoms with Crippen molar-refractivity contribution in [1.29, 1.82) is 0 Å². The van der Waals surface area contributed by atoms with Gasteiger partial charge in [0.25, 0.3) is 5.91 Å². The van der Waals surface area contributed by atoms with E-state index in [4.69, 9.17) is 9.47 Å². The lowest BCUT2D eigenvalue weighted by atomic mass is 10.2. The molecule has 0 aromatic heterocycles. The molecule has 0 unspecified atom stereocenters. The third kappa shape index (κ3) is 5.35. The molecule has 0 aliphatic carbocycles. The van der Waals surface area contributed by atoms with Crippen molar-refractivity contribution in [3.8, 4) is 11.5 Å². The Labute approximate surface area is 170 Å². The minimum absolute atomic E-state index is 0.241. The third-order valence-corrected chi connectivity index (χ3v) is 4.68. The molecule has 1 fully saturated rings. The maximum Gasteiger partial charge on any atom is 0.343 e. The van der Waals surface area contributed by atoms with E-state index >= 15 is 0 Å². The fraction of sp³-hybridized carbons (Fsp3) is 0.150. The molecule has 0 bridgehead atoms. The van der Waals surface area contributed by atoms with Crippen molar-refractivity contribution < 1.29 is 28.2 Å². The number of aliphatic imine (C=N–C) groups is 1. The number of nitrogens with zero attached hydrogens (tertiary/aromatic N) is 1. The monoisotopic (exact) mass is 416 g/mol. The molecule has 1 saturated heterocycles. The zero-order chi connectivity index (χ0) is 20.8. The van der Waals surface area contributed by atoms with Gasteiger partial charge < -0.3 is 19.5 Å². The van der Waals surface area contributed by atoms with E-state index in [1.807, 2.05) is 0 Å². The number of halogens is 1. The first-order valence-corrected chi connectivity index (χ1v) is 9.23. The fourth-order valence-electron chi connectivity index (χ4n) is 2.35. The molecule has 2 aromatic rings. The highest BCUT2D eigenvalue weighted by molar-refractivity contribution is 8.18. The van der Waals surface area contributed by atoms with Crippen LogP contribution in [0.4, 0.5) is 10.1 Å². The molecule has 0 saturated carbocycles. The first-order valence-electron chi connectivity index (χ1n) is 8.41. The molecule has 0 spiro atoms. The minimum atomic E-state index is -0.509. The maximum absolute atomic E-state index is 13.0. The van der Waals surface area contributed by atoms with Crippen LogP contribution < -0.4 is 14.8 Å². The van der Waals surface area contributed by atoms with Crippen LogP contribution in [0.25, 0.3) is 6.08 Å². The van der Waals surface area contributed by atoms with Gasteiger partial charge in [-0.1, -0.05) is 6.07 Å². The van der Waals surface area contributed by atoms with Crippen molar-refractivity contribution in [2.45, 2.75) is 0 Å². The largest absolute Gasteiger partial charge is 0.493 e. The number of nitrogens with one attached hydrogen (secondary N) is 1. The lowest BCUT2D eigenvalue weighted by Crippen LogP contribution is -2.19. The van der Waals surface area contributed by atoms with Gasteiger partial charge in [0.15, 0.2) is 23.3 Å². The molecular formula is C20H17FN2O5S. The van der Waals surface area contributed by atoms with Gasteiger partial charge in [-0.25, -0.2) is 14.2 Å². The molecule has 0 atom stereocenters. The Hall–Kier alpha value is -3.33. The summed E-state index contributed by atoms with van der Waals surface area (Å²) < 4.78 is 28.2. The second-order valence-corrected chi connectivity index (χ2v) is 6.76. The quantitative estimate of drug-likeness (QED) is 0.575. The Morgan fingerprint density at radius 2 is 1.93 bits per heavy atom. The normalized spacial score (nSPS) is 16.0. The number of ether oxygens (including phenoxy) is 3. The first-order chi connectivity index (χ1) is 14.0. The molecule has 29 heavy (non-hydrogen) atoms. The van der Waals surface area contributed by atoms with Crippen LogP contribution in [-0.2, 0) is 14.3 Å². The fourth-order valence-corrected chi connectivity index (χ4v) is 3.20. The van der Waals surface area contributed by atoms with Gasteiger partial charge in [0.05, 0.1) is 24.8 Å². The number of amidine groups is 1. The number of methoxy groups -OCH3 is 2. The van der Waals surface area contributed by atoms with Crippen molar-refractivity contribution in [1.82, 2.24) is 5.32 Å². The van der Waals surface area contributed by atoms with Gasteiger partial charge in [0.2, 0.25) is 0 Å². The standard InChI is InChI=1S/C20H17FN2O5S/c1-26-16-9-12(3-8-15(16)28-11-18(24)27-2)10-17-19(25)23-20(29-17)22-14-6-4-13(21)5-7-14/h3-10H,11H2,1-2H3,(H,22,23,25)/b17-10+. The smallest absolute Gasteiger partial charge is 0.343 e. The summed E-state index contributed by atoms with van der Waals surface area (Å²) in [7, 11) is 2.75. The summed E-state index contributed by atoms with van der Waals surface area (Å²) in [6.07, 6.45) is 1.68. The van der Waals surface area contributed by atoms with Crippen LogP contribution >= 0.6 is 11.8 Å². The molecule has 1 amide bonds. The van der Waals surface area contributed by atoms with Crippen LogP contribution in [0.15, 0.2) is 52.4 Å². The van der Waals surface area contributed by atoms with Crippen molar-refractivity contribution >= 4 is 40.6 Å². The number of carbonyl (C=O) groups excluding carboxylic acids is 2. The molecule has 1 N–H and O–H groups in total. The highest BCUT2D eigenvalue weighted by atomic mass is 32.2. The Morgan fingerprint density at radius 1 is 1.17 bits per heavy atom. The summed E-state index contributed by atoms with van der Waals surface area (Å²) in [5.41, 5.74) is 1.23. The second-order valence-electron chi connectivity index (χ2n) is 5.73. The molecule has 1 aliphatic rings. The van der Waals surface area contributed by atoms with Crippen molar-refractivity contribution in [3.63, 3.8) is 0 Å². The number of rotatable bonds is 6. The Balaban J connectivity index is 1.76. The number of hydrogen-bond acceptors (Lipinski definition) is 7. The topological polar surface area (TPSA) is 86.2 Å². The van der Waals surface area contributed by atoms with Gasteiger partial charge in [-0.05, 0) is 59.8 Å². The summed E-state index contributed by atoms with van der Waals surface area (Å²) in [5.74, 6) is -0.370. The Kier molecular flexibility index (Phi) is 6.50. The van der Waals surface area contributed by atoms with Gasteiger partial charge in [-0.2, -0.15) is 0 Å². The zero-order valence-electron chi connectivity index (χ0n) is 15.6. The number of thioether (sulfide) groups is 1. The first kappa shape index (κ1) is 20.4. The van der Waals surface area contributed by atoms with Gasteiger partial charge in [-0.15, -0.1) is 0 Å². The lowest BCUT2D eigenvalue weighted by Gasteiger charge is -2.10. The number of carbonyl (C=O) groups is 2. The van der Waals surface area contributed by atoms with Crippen LogP contribution in [0.5, 0.6) is 11.5 Å². The molecule has 0 radical (unpaired) electrons. The van der Waals surface area contributed by atoms with Gasteiger partial charge >= 0.3 is 5.97 Å². The maximum atomic E-state index is 13.0. The molecule has 3 rings (SSSR count). The van der Waals surface area contributed by atoms with Gasteiger partial charge in [-0.3, -0.25) is 4.79 Å². The average Bonchev–Trinajstić information content (AvgIpc) is 3.06. The molecule has 2 aromatic carbocycles. The van der Waals surface area contributed by atoms with E-state index < -0.39 is 5.97 Å². The van der Waals surface area contributed by atoms with Crippen LogP contribution in [-0.4, -0.2) is 37.9 Å². The van der Waals surface area contributed by atoms with E-state index in [0.29, 0.717) is 32.8 Å². The second kappa shape index (κ2) is 9.24. The van der Waals surface area contributed by atoms with E-state index in [2.05, 4.69) is 15.0 Å². The van der Waals surface area contributed by atoms with E-state index in [1.165, 1.54) is 50.2 Å². The van der Waals surface area contributed by atoms with Crippen molar-refractivity contribution in [3.05, 3.63) is 58.8 Å². The van der Waals surface area contributed by atoms with Gasteiger partial charge in [0, 0.05) is 0 Å². The molecular weight excluding hydrogens is 399 g/mol. The van der Waals surface area contributed by atoms with Crippen LogP contribution in [0.2, 0.25) is 0 Å². The van der Waals surface area contributed by atoms with Crippen molar-refractivity contribution in [2.24, 2.45) is 4.99 Å². The summed E-state index contributed by atoms with van der Waals surface area (Å²) in [4.78, 5) is 28.2. The van der Waals surface area contributed by atoms with E-state index in [1.54, 1.807) is 24.3 Å². The summed E-state index contributed by atoms with van der Waals surface area (Å²) in [6, 6.07) is 10.7. The van der Waals surface area contributed by atoms with Crippen LogP contribution in [0, 0.1) is 5.82 Å². The highest BCUT2D eigenvalue weighted by Gasteiger charge is 2.24. The predicted molar refractivity (Wildman–Crippen MR) is 108 cm³/mol. The Bertz CT molecular complexity index is 989. The number of hydrogen-bond donors (Lipinski definition) is 1. The summed E-state index contributed by atoms with van der Waals surface area (Å²) in [6.45, 7) is -0.241. The summed E-state index contributed by atoms with van der Waals surface area (Å²) >= 11 is 1.17. The highest BCUT2D eigenvalue weighted by Crippen LogP contribution is 2.32. The van der Waals surface area contributed by atoms with E-state index in [0.717, 1.165) is 0 Å². The molecule has 1 aliphatic heterocycles. The minimum Gasteiger partial charge on any atom is -0.493 e. The van der Waals surface area contributed by atoms with Gasteiger partial charge in [0.1, 0.15) is 5.82 Å². The molecule has 150 valence electrons. The summed E-state index contributed by atoms with van der Waals surface area (Å²) in [5, 5.41) is 3.07. The number of amides is 1. The lowest BCUT2D eigenvalue weighted by molar-refractivity contribution is -0.142. The number of benzene rings is 2. The van der Waals surface area contributed by atoms with E-state index in [-0.39, 0.29) is 18.3 Å². The molecule has 9 heteroatoms. The average molecular weight is 416 g/mol. The molecule has 7 nitrogen and oxygen atoms in total. The predicted octanol–water partition coefficient (Wildman–Crippen LogP) is 3.28. The molecule has 1 heterocycles. The van der Waals surface area contributed by atoms with Crippen molar-refractivity contribution in [2.75, 3.05) is 20.8 Å². The zero-order valence-corrected chi connectivity index (χ0v) is 16.4. The van der Waals surface area contributed by atoms with E-state index in [9.17, 15) is 14.0 Å². The third-order valence-electron chi connectivity index (χ3n) is 3.77. The number of esters is 1.